The third-order valence-corrected chi connectivity index (χ3v) is 12.8. The largest absolute Gasteiger partial charge is 0.508 e. The molecule has 2 aliphatic carbocycles. The molecular formula is C40H24Cl2F5N3O7. The van der Waals surface area contributed by atoms with Gasteiger partial charge in [0.05, 0.1) is 24.6 Å². The van der Waals surface area contributed by atoms with E-state index in [0.29, 0.717) is 22.6 Å². The number of aromatic nitrogens is 1. The molecule has 2 saturated heterocycles. The number of carbonyl (C=O) groups is 4. The molecule has 1 aromatic heterocycles. The summed E-state index contributed by atoms with van der Waals surface area (Å²) in [6.45, 7) is 0. The van der Waals surface area contributed by atoms with Crippen LogP contribution in [0.15, 0.2) is 82.8 Å². The van der Waals surface area contributed by atoms with Crippen molar-refractivity contribution in [2.24, 2.45) is 17.8 Å². The number of allylic oxidation sites excluding steroid dienone is 2. The number of rotatable bonds is 5. The lowest BCUT2D eigenvalue weighted by Crippen LogP contribution is -2.60. The zero-order valence-electron chi connectivity index (χ0n) is 29.0. The number of halogens is 7. The Morgan fingerprint density at radius 2 is 1.49 bits per heavy atom. The molecule has 0 radical (unpaired) electrons. The number of fused-ring (bicyclic) bond motifs is 5. The van der Waals surface area contributed by atoms with E-state index in [2.05, 4.69) is 4.98 Å². The van der Waals surface area contributed by atoms with E-state index < -0.39 is 104 Å². The van der Waals surface area contributed by atoms with Gasteiger partial charge in [0, 0.05) is 23.1 Å². The first kappa shape index (κ1) is 36.8. The highest BCUT2D eigenvalue weighted by Crippen LogP contribution is 2.67. The van der Waals surface area contributed by atoms with Crippen LogP contribution in [0.2, 0.25) is 0 Å². The van der Waals surface area contributed by atoms with Crippen LogP contribution in [0, 0.1) is 46.8 Å². The molecule has 4 aromatic carbocycles. The fourth-order valence-corrected chi connectivity index (χ4v) is 9.74. The zero-order chi connectivity index (χ0) is 40.5. The van der Waals surface area contributed by atoms with E-state index in [1.807, 2.05) is 0 Å². The second-order valence-electron chi connectivity index (χ2n) is 14.2. The summed E-state index contributed by atoms with van der Waals surface area (Å²) in [5.74, 6) is -22.2. The molecule has 10 nitrogen and oxygen atoms in total. The molecule has 3 heterocycles. The first-order valence-electron chi connectivity index (χ1n) is 17.3. The van der Waals surface area contributed by atoms with Crippen LogP contribution in [-0.4, -0.2) is 50.6 Å². The smallest absolute Gasteiger partial charge is 0.258 e. The summed E-state index contributed by atoms with van der Waals surface area (Å²) in [6.07, 6.45) is 0.751. The van der Waals surface area contributed by atoms with Crippen LogP contribution in [0.3, 0.4) is 0 Å². The second kappa shape index (κ2) is 12.6. The maximum absolute atomic E-state index is 15.3. The zero-order valence-corrected chi connectivity index (χ0v) is 30.5. The van der Waals surface area contributed by atoms with Gasteiger partial charge in [-0.05, 0) is 61.2 Å². The minimum atomic E-state index is -2.79. The van der Waals surface area contributed by atoms with Crippen molar-refractivity contribution < 1.29 is 55.4 Å². The Balaban J connectivity index is 1.15. The predicted molar refractivity (Wildman–Crippen MR) is 193 cm³/mol. The summed E-state index contributed by atoms with van der Waals surface area (Å²) in [5, 5.41) is 11.3. The number of alkyl halides is 2. The molecule has 9 rings (SSSR count). The molecule has 0 spiro atoms. The van der Waals surface area contributed by atoms with Gasteiger partial charge in [0.2, 0.25) is 23.5 Å². The Labute approximate surface area is 328 Å². The fraction of sp³-hybridized carbons (Fsp3) is 0.225. The third-order valence-electron chi connectivity index (χ3n) is 11.4. The van der Waals surface area contributed by atoms with Gasteiger partial charge in [-0.3, -0.25) is 24.1 Å². The number of hydrogen-bond donors (Lipinski definition) is 1. The van der Waals surface area contributed by atoms with Crippen LogP contribution in [0.5, 0.6) is 11.5 Å². The minimum absolute atomic E-state index is 0.0856. The molecule has 1 saturated carbocycles. The van der Waals surface area contributed by atoms with Crippen molar-refractivity contribution in [3.63, 3.8) is 0 Å². The molecule has 5 aromatic rings. The number of imide groups is 2. The summed E-state index contributed by atoms with van der Waals surface area (Å²) in [7, 11) is 1.31. The minimum Gasteiger partial charge on any atom is -0.508 e. The monoisotopic (exact) mass is 823 g/mol. The SMILES string of the molecule is COc1ccc(C2C3=CCC4C(=O)N(c5ccc(-c6nc7ccccc7o6)cc5)C(=O)C4C3CC3(Cl)C(=O)N(c4c(F)c(F)c(F)c(F)c4F)C(=O)C23Cl)c(O)c1. The Kier molecular flexibility index (Phi) is 8.14. The number of methoxy groups -OCH3 is 1. The normalized spacial score (nSPS) is 26.8. The summed E-state index contributed by atoms with van der Waals surface area (Å²) in [4.78, 5) is 57.1. The lowest BCUT2D eigenvalue weighted by atomic mass is 9.56. The summed E-state index contributed by atoms with van der Waals surface area (Å²) >= 11 is 14.3. The second-order valence-corrected chi connectivity index (χ2v) is 15.4. The topological polar surface area (TPSA) is 130 Å². The van der Waals surface area contributed by atoms with E-state index in [9.17, 15) is 37.5 Å². The van der Waals surface area contributed by atoms with Crippen LogP contribution in [0.4, 0.5) is 33.3 Å². The van der Waals surface area contributed by atoms with Crippen molar-refractivity contribution in [3.05, 3.63) is 113 Å². The highest BCUT2D eigenvalue weighted by atomic mass is 35.5. The van der Waals surface area contributed by atoms with E-state index >= 15 is 8.78 Å². The number of amides is 4. The molecule has 1 N–H and O–H groups in total. The van der Waals surface area contributed by atoms with Crippen molar-refractivity contribution >= 4 is 69.3 Å². The molecular weight excluding hydrogens is 800 g/mol. The van der Waals surface area contributed by atoms with Gasteiger partial charge in [0.25, 0.3) is 11.8 Å². The number of ether oxygens (including phenoxy) is 1. The summed E-state index contributed by atoms with van der Waals surface area (Å²) in [6, 6.07) is 17.2. The number of benzene rings is 4. The number of para-hydroxylation sites is 2. The van der Waals surface area contributed by atoms with Crippen LogP contribution in [0.1, 0.15) is 24.3 Å². The van der Waals surface area contributed by atoms with E-state index in [1.54, 1.807) is 36.4 Å². The van der Waals surface area contributed by atoms with E-state index in [1.165, 1.54) is 37.5 Å². The third kappa shape index (κ3) is 4.84. The summed E-state index contributed by atoms with van der Waals surface area (Å²) in [5.41, 5.74) is 0.0552. The number of phenolic OH excluding ortho intramolecular Hbond substituents is 1. The van der Waals surface area contributed by atoms with Crippen molar-refractivity contribution in [2.75, 3.05) is 16.9 Å². The number of aromatic hydroxyl groups is 1. The van der Waals surface area contributed by atoms with Crippen molar-refractivity contribution in [1.29, 1.82) is 0 Å². The Morgan fingerprint density at radius 3 is 2.14 bits per heavy atom. The maximum atomic E-state index is 15.3. The van der Waals surface area contributed by atoms with Crippen LogP contribution in [0.25, 0.3) is 22.6 Å². The predicted octanol–water partition coefficient (Wildman–Crippen LogP) is 7.67. The molecule has 4 amide bonds. The number of oxazole rings is 1. The fourth-order valence-electron chi connectivity index (χ4n) is 8.81. The summed E-state index contributed by atoms with van der Waals surface area (Å²) < 4.78 is 84.8. The first-order chi connectivity index (χ1) is 27.1. The molecule has 2 aliphatic heterocycles. The van der Waals surface area contributed by atoms with Gasteiger partial charge in [-0.15, -0.1) is 23.2 Å². The van der Waals surface area contributed by atoms with Crippen molar-refractivity contribution in [3.8, 4) is 23.0 Å². The van der Waals surface area contributed by atoms with Gasteiger partial charge in [-0.25, -0.2) is 31.8 Å². The van der Waals surface area contributed by atoms with E-state index in [4.69, 9.17) is 32.4 Å². The highest BCUT2D eigenvalue weighted by molar-refractivity contribution is 6.58. The van der Waals surface area contributed by atoms with Gasteiger partial charge in [0.15, 0.2) is 38.6 Å². The molecule has 0 bridgehead atoms. The van der Waals surface area contributed by atoms with Crippen LogP contribution in [-0.2, 0) is 19.2 Å². The maximum Gasteiger partial charge on any atom is 0.258 e. The van der Waals surface area contributed by atoms with Crippen molar-refractivity contribution in [1.82, 2.24) is 4.98 Å². The van der Waals surface area contributed by atoms with Gasteiger partial charge < -0.3 is 14.3 Å². The number of carbonyl (C=O) groups excluding carboxylic acids is 4. The molecule has 4 aliphatic rings. The lowest BCUT2D eigenvalue weighted by Gasteiger charge is -2.50. The Morgan fingerprint density at radius 1 is 0.825 bits per heavy atom. The van der Waals surface area contributed by atoms with Gasteiger partial charge in [0.1, 0.15) is 22.7 Å². The molecule has 57 heavy (non-hydrogen) atoms. The standard InChI is InChI=1S/C40H24Cl2F5N3O7/c1-56-18-10-11-20(24(51)14-18)27-19-12-13-21-26(36(53)49(35(21)52)17-8-6-16(7-9-17)34-48-23-4-2-3-5-25(23)57-34)22(19)15-39(41)37(54)50(38(55)40(27,39)42)33-31(46)29(44)28(43)30(45)32(33)47/h2-12,14,21-22,26-27,51H,13,15H2,1H3. The average Bonchev–Trinajstić information content (AvgIpc) is 3.80. The molecule has 3 fully saturated rings. The Bertz CT molecular complexity index is 2610. The van der Waals surface area contributed by atoms with Gasteiger partial charge >= 0.3 is 0 Å². The Hall–Kier alpha value is -5.80. The molecule has 6 atom stereocenters. The van der Waals surface area contributed by atoms with Crippen molar-refractivity contribution in [2.45, 2.75) is 28.5 Å². The molecule has 290 valence electrons. The lowest BCUT2D eigenvalue weighted by molar-refractivity contribution is -0.125. The molecule has 6 unspecified atom stereocenters. The number of phenols is 1. The number of anilines is 2. The quantitative estimate of drug-likeness (QED) is 0.0478. The van der Waals surface area contributed by atoms with Crippen LogP contribution >= 0.6 is 23.2 Å². The van der Waals surface area contributed by atoms with Gasteiger partial charge in [-0.2, -0.15) is 0 Å². The van der Waals surface area contributed by atoms with E-state index in [-0.39, 0.29) is 33.9 Å². The highest BCUT2D eigenvalue weighted by Gasteiger charge is 2.77. The van der Waals surface area contributed by atoms with E-state index in [0.717, 1.165) is 11.0 Å². The number of nitrogens with zero attached hydrogens (tertiary/aromatic N) is 3. The number of hydrogen-bond acceptors (Lipinski definition) is 8. The average molecular weight is 825 g/mol. The van der Waals surface area contributed by atoms with Crippen LogP contribution < -0.4 is 14.5 Å². The first-order valence-corrected chi connectivity index (χ1v) is 18.1. The molecule has 17 heteroatoms. The van der Waals surface area contributed by atoms with Gasteiger partial charge in [-0.1, -0.05) is 29.8 Å².